The second-order valence-electron chi connectivity index (χ2n) is 8.99. The SMILES string of the molecule is N#Cc1nc(N2CC[C@H](S(=O)(=O)c3ccc(N4CCN5C=CC[C@H]5C4)cc3Cl)C2)ccc1[N+](=O)[O-].O=CO. The first-order chi connectivity index (χ1) is 18.2. The lowest BCUT2D eigenvalue weighted by molar-refractivity contribution is -0.385. The van der Waals surface area contributed by atoms with Gasteiger partial charge in [-0.05, 0) is 43.3 Å². The van der Waals surface area contributed by atoms with Gasteiger partial charge in [0, 0.05) is 50.5 Å². The molecular weight excluding hydrogens is 536 g/mol. The van der Waals surface area contributed by atoms with Crippen LogP contribution in [0.1, 0.15) is 18.5 Å². The molecule has 2 saturated heterocycles. The molecule has 2 fully saturated rings. The van der Waals surface area contributed by atoms with Crippen molar-refractivity contribution in [2.75, 3.05) is 42.5 Å². The number of hydrogen-bond donors (Lipinski definition) is 1. The molecular formula is C24H25ClN6O6S. The summed E-state index contributed by atoms with van der Waals surface area (Å²) in [4.78, 5) is 29.2. The molecule has 0 amide bonds. The van der Waals surface area contributed by atoms with E-state index in [2.05, 4.69) is 27.1 Å². The molecule has 1 aromatic heterocycles. The number of carbonyl (C=O) groups is 1. The van der Waals surface area contributed by atoms with E-state index in [9.17, 15) is 23.8 Å². The molecule has 200 valence electrons. The highest BCUT2D eigenvalue weighted by atomic mass is 35.5. The number of fused-ring (bicyclic) bond motifs is 1. The highest BCUT2D eigenvalue weighted by molar-refractivity contribution is 7.92. The number of benzene rings is 1. The molecule has 1 aromatic carbocycles. The summed E-state index contributed by atoms with van der Waals surface area (Å²) in [6.45, 7) is 2.93. The van der Waals surface area contributed by atoms with Crippen molar-refractivity contribution in [2.24, 2.45) is 0 Å². The Labute approximate surface area is 224 Å². The van der Waals surface area contributed by atoms with Gasteiger partial charge in [-0.1, -0.05) is 17.7 Å². The normalized spacial score (nSPS) is 20.4. The van der Waals surface area contributed by atoms with Gasteiger partial charge >= 0.3 is 5.69 Å². The lowest BCUT2D eigenvalue weighted by atomic mass is 10.1. The lowest BCUT2D eigenvalue weighted by Gasteiger charge is -2.39. The second kappa shape index (κ2) is 11.2. The van der Waals surface area contributed by atoms with Gasteiger partial charge in [-0.15, -0.1) is 0 Å². The van der Waals surface area contributed by atoms with Crippen LogP contribution >= 0.6 is 11.6 Å². The Kier molecular flexibility index (Phi) is 8.03. The summed E-state index contributed by atoms with van der Waals surface area (Å²) in [7, 11) is -3.72. The summed E-state index contributed by atoms with van der Waals surface area (Å²) >= 11 is 6.51. The topological polar surface area (TPSA) is 161 Å². The molecule has 2 aromatic rings. The Morgan fingerprint density at radius 1 is 1.18 bits per heavy atom. The first kappa shape index (κ1) is 27.2. The van der Waals surface area contributed by atoms with E-state index in [0.717, 1.165) is 31.7 Å². The quantitative estimate of drug-likeness (QED) is 0.325. The van der Waals surface area contributed by atoms with Crippen molar-refractivity contribution < 1.29 is 23.2 Å². The Bertz CT molecular complexity index is 1410. The van der Waals surface area contributed by atoms with E-state index in [4.69, 9.17) is 21.5 Å². The van der Waals surface area contributed by atoms with Crippen LogP contribution in [0.25, 0.3) is 0 Å². The second-order valence-corrected chi connectivity index (χ2v) is 11.6. The Morgan fingerprint density at radius 3 is 2.63 bits per heavy atom. The van der Waals surface area contributed by atoms with Crippen LogP contribution in [0.2, 0.25) is 5.02 Å². The van der Waals surface area contributed by atoms with Crippen molar-refractivity contribution in [3.8, 4) is 6.07 Å². The summed E-state index contributed by atoms with van der Waals surface area (Å²) in [6, 6.07) is 9.97. The van der Waals surface area contributed by atoms with Gasteiger partial charge < -0.3 is 19.8 Å². The number of pyridine rings is 1. The number of aromatic nitrogens is 1. The number of piperazine rings is 1. The number of nitro groups is 1. The molecule has 0 radical (unpaired) electrons. The molecule has 38 heavy (non-hydrogen) atoms. The van der Waals surface area contributed by atoms with Crippen LogP contribution < -0.4 is 9.80 Å². The number of halogens is 1. The molecule has 1 N–H and O–H groups in total. The highest BCUT2D eigenvalue weighted by Crippen LogP contribution is 2.34. The van der Waals surface area contributed by atoms with E-state index in [1.165, 1.54) is 12.1 Å². The molecule has 3 aliphatic rings. The minimum absolute atomic E-state index is 0.102. The molecule has 4 heterocycles. The molecule has 0 aliphatic carbocycles. The third-order valence-corrected chi connectivity index (χ3v) is 9.55. The van der Waals surface area contributed by atoms with E-state index < -0.39 is 20.0 Å². The van der Waals surface area contributed by atoms with Crippen LogP contribution in [-0.2, 0) is 14.6 Å². The van der Waals surface area contributed by atoms with Gasteiger partial charge in [0.1, 0.15) is 11.9 Å². The fraction of sp³-hybridized carbons (Fsp3) is 0.375. The zero-order valence-electron chi connectivity index (χ0n) is 20.2. The average Bonchev–Trinajstić information content (AvgIpc) is 3.58. The first-order valence-electron chi connectivity index (χ1n) is 11.8. The van der Waals surface area contributed by atoms with Crippen LogP contribution in [0.15, 0.2) is 47.5 Å². The average molecular weight is 561 g/mol. The van der Waals surface area contributed by atoms with E-state index in [0.29, 0.717) is 24.8 Å². The number of sulfone groups is 1. The number of anilines is 2. The maximum Gasteiger partial charge on any atom is 0.305 e. The van der Waals surface area contributed by atoms with Crippen LogP contribution in [-0.4, -0.2) is 78.8 Å². The smallest absolute Gasteiger partial charge is 0.305 e. The summed E-state index contributed by atoms with van der Waals surface area (Å²) in [5.74, 6) is 0.340. The zero-order chi connectivity index (χ0) is 27.4. The first-order valence-corrected chi connectivity index (χ1v) is 13.7. The number of hydrogen-bond acceptors (Lipinski definition) is 10. The number of carboxylic acid groups (broad SMARTS) is 1. The number of nitriles is 1. The fourth-order valence-corrected chi connectivity index (χ4v) is 7.23. The van der Waals surface area contributed by atoms with Gasteiger partial charge in [-0.3, -0.25) is 14.9 Å². The van der Waals surface area contributed by atoms with E-state index in [-0.39, 0.29) is 34.3 Å². The van der Waals surface area contributed by atoms with Crippen LogP contribution in [0.5, 0.6) is 0 Å². The summed E-state index contributed by atoms with van der Waals surface area (Å²) in [6.07, 6.45) is 5.68. The van der Waals surface area contributed by atoms with E-state index >= 15 is 0 Å². The third kappa shape index (κ3) is 5.36. The molecule has 12 nitrogen and oxygen atoms in total. The monoisotopic (exact) mass is 560 g/mol. The Balaban J connectivity index is 0.00000107. The van der Waals surface area contributed by atoms with Crippen molar-refractivity contribution in [1.82, 2.24) is 9.88 Å². The maximum absolute atomic E-state index is 13.4. The van der Waals surface area contributed by atoms with Crippen LogP contribution in [0.3, 0.4) is 0 Å². The van der Waals surface area contributed by atoms with Gasteiger partial charge in [-0.25, -0.2) is 13.4 Å². The summed E-state index contributed by atoms with van der Waals surface area (Å²) in [5, 5.41) is 26.6. The van der Waals surface area contributed by atoms with Gasteiger partial charge in [-0.2, -0.15) is 5.26 Å². The molecule has 0 bridgehead atoms. The minimum Gasteiger partial charge on any atom is -0.483 e. The minimum atomic E-state index is -3.72. The fourth-order valence-electron chi connectivity index (χ4n) is 5.00. The summed E-state index contributed by atoms with van der Waals surface area (Å²) in [5.41, 5.74) is 0.233. The molecule has 14 heteroatoms. The molecule has 5 rings (SSSR count). The molecule has 0 saturated carbocycles. The van der Waals surface area contributed by atoms with Crippen LogP contribution in [0.4, 0.5) is 17.2 Å². The van der Waals surface area contributed by atoms with Crippen molar-refractivity contribution in [3.05, 3.63) is 63.4 Å². The Hall–Kier alpha value is -3.89. The van der Waals surface area contributed by atoms with Gasteiger partial charge in [0.15, 0.2) is 9.84 Å². The van der Waals surface area contributed by atoms with Crippen molar-refractivity contribution in [3.63, 3.8) is 0 Å². The largest absolute Gasteiger partial charge is 0.483 e. The van der Waals surface area contributed by atoms with Gasteiger partial charge in [0.05, 0.1) is 20.1 Å². The number of rotatable bonds is 5. The lowest BCUT2D eigenvalue weighted by Crippen LogP contribution is -2.49. The van der Waals surface area contributed by atoms with Crippen molar-refractivity contribution >= 4 is 45.1 Å². The molecule has 0 unspecified atom stereocenters. The van der Waals surface area contributed by atoms with Crippen molar-refractivity contribution in [1.29, 1.82) is 5.26 Å². The zero-order valence-corrected chi connectivity index (χ0v) is 21.8. The highest BCUT2D eigenvalue weighted by Gasteiger charge is 2.37. The van der Waals surface area contributed by atoms with Crippen LogP contribution in [0, 0.1) is 21.4 Å². The molecule has 0 spiro atoms. The summed E-state index contributed by atoms with van der Waals surface area (Å²) < 4.78 is 26.9. The Morgan fingerprint density at radius 2 is 1.95 bits per heavy atom. The molecule has 2 atom stereocenters. The van der Waals surface area contributed by atoms with Gasteiger partial charge in [0.2, 0.25) is 5.69 Å². The maximum atomic E-state index is 13.4. The van der Waals surface area contributed by atoms with E-state index in [1.54, 1.807) is 23.1 Å². The van der Waals surface area contributed by atoms with E-state index in [1.807, 2.05) is 6.07 Å². The standard InChI is InChI=1S/C23H23ClN6O4S.CH2O2/c24-19-12-16(28-11-10-27-8-1-2-17(27)14-28)3-5-22(19)35(33,34)18-7-9-29(15-18)23-6-4-21(30(31)32)20(13-25)26-23;2-1-3/h1,3-6,8,12,17-18H,2,7,9-11,14-15H2;1H,(H,2,3)/t17-,18-;/m0./s1. The van der Waals surface area contributed by atoms with Crippen molar-refractivity contribution in [2.45, 2.75) is 29.0 Å². The molecule has 3 aliphatic heterocycles. The number of nitrogens with zero attached hydrogens (tertiary/aromatic N) is 6. The van der Waals surface area contributed by atoms with Gasteiger partial charge in [0.25, 0.3) is 6.47 Å². The third-order valence-electron chi connectivity index (χ3n) is 6.89. The predicted molar refractivity (Wildman–Crippen MR) is 140 cm³/mol. The predicted octanol–water partition coefficient (Wildman–Crippen LogP) is 2.68.